The summed E-state index contributed by atoms with van der Waals surface area (Å²) < 4.78 is 36.9. The topological polar surface area (TPSA) is 12.0 Å². The van der Waals surface area contributed by atoms with Crippen molar-refractivity contribution in [3.8, 4) is 0 Å². The molecule has 114 valence electrons. The van der Waals surface area contributed by atoms with Gasteiger partial charge < -0.3 is 5.32 Å². The molecular formula is C16H24F3N. The van der Waals surface area contributed by atoms with E-state index < -0.39 is 18.6 Å². The molecule has 2 atom stereocenters. The Morgan fingerprint density at radius 3 is 1.90 bits per heavy atom. The van der Waals surface area contributed by atoms with Gasteiger partial charge in [0.25, 0.3) is 0 Å². The molecule has 1 N–H and O–H groups in total. The first-order valence-corrected chi connectivity index (χ1v) is 6.92. The van der Waals surface area contributed by atoms with Crippen molar-refractivity contribution in [2.45, 2.75) is 64.7 Å². The summed E-state index contributed by atoms with van der Waals surface area (Å²) in [4.78, 5) is 0. The number of benzene rings is 1. The van der Waals surface area contributed by atoms with E-state index in [0.29, 0.717) is 0 Å². The van der Waals surface area contributed by atoms with Crippen molar-refractivity contribution >= 4 is 0 Å². The van der Waals surface area contributed by atoms with Crippen LogP contribution in [0, 0.1) is 0 Å². The molecule has 0 heterocycles. The Bertz CT molecular complexity index is 415. The van der Waals surface area contributed by atoms with Crippen molar-refractivity contribution < 1.29 is 13.2 Å². The summed E-state index contributed by atoms with van der Waals surface area (Å²) in [6.45, 7) is 9.85. The van der Waals surface area contributed by atoms with Crippen LogP contribution in [0.2, 0.25) is 0 Å². The molecule has 1 aromatic rings. The smallest absolute Gasteiger partial charge is 0.307 e. The highest BCUT2D eigenvalue weighted by atomic mass is 19.4. The van der Waals surface area contributed by atoms with Crippen LogP contribution in [0.3, 0.4) is 0 Å². The van der Waals surface area contributed by atoms with Crippen LogP contribution in [0.4, 0.5) is 13.2 Å². The number of nitrogens with one attached hydrogen (secondary N) is 1. The highest BCUT2D eigenvalue weighted by molar-refractivity contribution is 5.29. The molecule has 4 heteroatoms. The molecule has 0 radical (unpaired) electrons. The number of hydrogen-bond acceptors (Lipinski definition) is 1. The molecule has 0 fully saturated rings. The Morgan fingerprint density at radius 2 is 1.50 bits per heavy atom. The first-order valence-electron chi connectivity index (χ1n) is 6.92. The van der Waals surface area contributed by atoms with Crippen LogP contribution in [-0.2, 0) is 5.41 Å². The first kappa shape index (κ1) is 17.0. The van der Waals surface area contributed by atoms with Crippen LogP contribution >= 0.6 is 0 Å². The maximum absolute atomic E-state index is 12.3. The lowest BCUT2D eigenvalue weighted by Crippen LogP contribution is -2.33. The third-order valence-electron chi connectivity index (χ3n) is 3.35. The summed E-state index contributed by atoms with van der Waals surface area (Å²) >= 11 is 0. The maximum Gasteiger partial charge on any atom is 0.390 e. The highest BCUT2D eigenvalue weighted by Gasteiger charge is 2.30. The maximum atomic E-state index is 12.3. The van der Waals surface area contributed by atoms with Crippen molar-refractivity contribution in [2.24, 2.45) is 0 Å². The zero-order chi connectivity index (χ0) is 15.6. The molecule has 0 aromatic heterocycles. The van der Waals surface area contributed by atoms with Crippen LogP contribution < -0.4 is 5.32 Å². The SMILES string of the molecule is CC(CC(F)(F)F)NC(C)c1ccc(C(C)(C)C)cc1. The number of alkyl halides is 3. The minimum atomic E-state index is -4.12. The van der Waals surface area contributed by atoms with Crippen LogP contribution in [0.15, 0.2) is 24.3 Å². The summed E-state index contributed by atoms with van der Waals surface area (Å²) in [5, 5.41) is 2.99. The second-order valence-corrected chi connectivity index (χ2v) is 6.48. The van der Waals surface area contributed by atoms with Gasteiger partial charge in [0.15, 0.2) is 0 Å². The van der Waals surface area contributed by atoms with Gasteiger partial charge in [0, 0.05) is 12.1 Å². The van der Waals surface area contributed by atoms with E-state index in [2.05, 4.69) is 26.1 Å². The van der Waals surface area contributed by atoms with E-state index in [1.165, 1.54) is 5.56 Å². The van der Waals surface area contributed by atoms with E-state index in [1.807, 2.05) is 31.2 Å². The number of halogens is 3. The molecule has 0 aliphatic rings. The molecule has 20 heavy (non-hydrogen) atoms. The lowest BCUT2D eigenvalue weighted by atomic mass is 9.86. The molecule has 0 bridgehead atoms. The lowest BCUT2D eigenvalue weighted by molar-refractivity contribution is -0.139. The Morgan fingerprint density at radius 1 is 1.00 bits per heavy atom. The van der Waals surface area contributed by atoms with Crippen LogP contribution in [0.5, 0.6) is 0 Å². The second kappa shape index (κ2) is 6.17. The fourth-order valence-electron chi connectivity index (χ4n) is 2.20. The predicted molar refractivity (Wildman–Crippen MR) is 76.8 cm³/mol. The quantitative estimate of drug-likeness (QED) is 0.824. The summed E-state index contributed by atoms with van der Waals surface area (Å²) in [6.07, 6.45) is -4.93. The molecule has 1 aromatic carbocycles. The monoisotopic (exact) mass is 287 g/mol. The van der Waals surface area contributed by atoms with Gasteiger partial charge in [-0.2, -0.15) is 13.2 Å². The van der Waals surface area contributed by atoms with Crippen molar-refractivity contribution in [3.05, 3.63) is 35.4 Å². The zero-order valence-electron chi connectivity index (χ0n) is 12.8. The van der Waals surface area contributed by atoms with Gasteiger partial charge in [0.2, 0.25) is 0 Å². The lowest BCUT2D eigenvalue weighted by Gasteiger charge is -2.23. The first-order chi connectivity index (χ1) is 8.99. The second-order valence-electron chi connectivity index (χ2n) is 6.48. The fourth-order valence-corrected chi connectivity index (χ4v) is 2.20. The number of hydrogen-bond donors (Lipinski definition) is 1. The average molecular weight is 287 g/mol. The molecule has 0 amide bonds. The molecule has 0 saturated heterocycles. The number of rotatable bonds is 4. The standard InChI is InChI=1S/C16H24F3N/c1-11(10-16(17,18)19)20-12(2)13-6-8-14(9-7-13)15(3,4)5/h6-9,11-12,20H,10H2,1-5H3. The fraction of sp³-hybridized carbons (Fsp3) is 0.625. The Kier molecular flexibility index (Phi) is 5.25. The Hall–Kier alpha value is -1.03. The largest absolute Gasteiger partial charge is 0.390 e. The summed E-state index contributed by atoms with van der Waals surface area (Å²) in [5.41, 5.74) is 2.31. The van der Waals surface area contributed by atoms with E-state index in [4.69, 9.17) is 0 Å². The molecule has 1 rings (SSSR count). The highest BCUT2D eigenvalue weighted by Crippen LogP contribution is 2.25. The summed E-state index contributed by atoms with van der Waals surface area (Å²) in [6, 6.07) is 7.37. The third kappa shape index (κ3) is 5.53. The molecule has 2 unspecified atom stereocenters. The molecular weight excluding hydrogens is 263 g/mol. The van der Waals surface area contributed by atoms with Crippen molar-refractivity contribution in [3.63, 3.8) is 0 Å². The van der Waals surface area contributed by atoms with Crippen LogP contribution in [0.1, 0.15) is 58.2 Å². The van der Waals surface area contributed by atoms with E-state index >= 15 is 0 Å². The average Bonchev–Trinajstić information content (AvgIpc) is 2.25. The van der Waals surface area contributed by atoms with Crippen LogP contribution in [-0.4, -0.2) is 12.2 Å². The van der Waals surface area contributed by atoms with Crippen molar-refractivity contribution in [2.75, 3.05) is 0 Å². The minimum Gasteiger partial charge on any atom is -0.307 e. The van der Waals surface area contributed by atoms with E-state index in [0.717, 1.165) is 5.56 Å². The Balaban J connectivity index is 2.66. The molecule has 0 aliphatic carbocycles. The van der Waals surface area contributed by atoms with Gasteiger partial charge in [-0.05, 0) is 30.4 Å². The van der Waals surface area contributed by atoms with Gasteiger partial charge in [-0.3, -0.25) is 0 Å². The predicted octanol–water partition coefficient (Wildman–Crippen LogP) is 4.98. The molecule has 1 nitrogen and oxygen atoms in total. The van der Waals surface area contributed by atoms with Crippen molar-refractivity contribution in [1.29, 1.82) is 0 Å². The minimum absolute atomic E-state index is 0.0821. The van der Waals surface area contributed by atoms with E-state index in [-0.39, 0.29) is 11.5 Å². The summed E-state index contributed by atoms with van der Waals surface area (Å²) in [5.74, 6) is 0. The van der Waals surface area contributed by atoms with Crippen LogP contribution in [0.25, 0.3) is 0 Å². The zero-order valence-corrected chi connectivity index (χ0v) is 12.8. The van der Waals surface area contributed by atoms with E-state index in [1.54, 1.807) is 6.92 Å². The normalized spacial score (nSPS) is 16.0. The molecule has 0 aliphatic heterocycles. The third-order valence-corrected chi connectivity index (χ3v) is 3.35. The summed E-state index contributed by atoms with van der Waals surface area (Å²) in [7, 11) is 0. The van der Waals surface area contributed by atoms with Gasteiger partial charge in [-0.25, -0.2) is 0 Å². The van der Waals surface area contributed by atoms with E-state index in [9.17, 15) is 13.2 Å². The van der Waals surface area contributed by atoms with Gasteiger partial charge >= 0.3 is 6.18 Å². The van der Waals surface area contributed by atoms with Crippen molar-refractivity contribution in [1.82, 2.24) is 5.32 Å². The van der Waals surface area contributed by atoms with Gasteiger partial charge in [-0.1, -0.05) is 45.0 Å². The van der Waals surface area contributed by atoms with Gasteiger partial charge in [0.05, 0.1) is 6.42 Å². The molecule has 0 saturated carbocycles. The molecule has 0 spiro atoms. The Labute approximate surface area is 119 Å². The van der Waals surface area contributed by atoms with Gasteiger partial charge in [0.1, 0.15) is 0 Å². The van der Waals surface area contributed by atoms with Gasteiger partial charge in [-0.15, -0.1) is 0 Å².